The monoisotopic (exact) mass is 606 g/mol. The molecule has 6 rings (SSSR count). The highest BCUT2D eigenvalue weighted by molar-refractivity contribution is 7.91. The summed E-state index contributed by atoms with van der Waals surface area (Å²) in [6.07, 6.45) is 3.29. The van der Waals surface area contributed by atoms with Crippen molar-refractivity contribution in [1.29, 1.82) is 0 Å². The average Bonchev–Trinajstić information content (AvgIpc) is 3.47. The third kappa shape index (κ3) is 5.39. The topological polar surface area (TPSA) is 107 Å². The zero-order valence-electron chi connectivity index (χ0n) is 23.4. The van der Waals surface area contributed by atoms with Crippen LogP contribution in [0.5, 0.6) is 11.5 Å². The van der Waals surface area contributed by atoms with E-state index in [1.54, 1.807) is 19.4 Å². The molecule has 1 saturated heterocycles. The molecule has 12 heteroatoms. The van der Waals surface area contributed by atoms with Crippen molar-refractivity contribution in [3.05, 3.63) is 89.0 Å². The van der Waals surface area contributed by atoms with Crippen LogP contribution < -0.4 is 15.2 Å². The quantitative estimate of drug-likeness (QED) is 0.268. The standard InChI is InChI=1S/C31H28F2N4O5S/c1-3-43(39,40)20-7-9-27(42-28-8-6-19(32)15-25(28)33)22(16-20)24-18-36(2)31(38)29-23(24)17-26(35-29)21-5-4-10-34-30(21)37-11-13-41-14-12-37/h4-10,15-18,35H,3,11-14H2,1-2H3. The number of halogens is 2. The molecule has 43 heavy (non-hydrogen) atoms. The van der Waals surface area contributed by atoms with E-state index in [1.165, 1.54) is 29.7 Å². The SMILES string of the molecule is CCS(=O)(=O)c1ccc(Oc2ccc(F)cc2F)c(-c2cn(C)c(=O)c3[nH]c(-c4cccnc4N4CCOCC4)cc23)c1. The van der Waals surface area contributed by atoms with Gasteiger partial charge in [0.15, 0.2) is 21.4 Å². The minimum Gasteiger partial charge on any atom is -0.454 e. The van der Waals surface area contributed by atoms with Crippen molar-refractivity contribution in [2.75, 3.05) is 37.0 Å². The number of sulfone groups is 1. The van der Waals surface area contributed by atoms with Gasteiger partial charge in [-0.05, 0) is 48.5 Å². The van der Waals surface area contributed by atoms with Gasteiger partial charge in [-0.3, -0.25) is 4.79 Å². The van der Waals surface area contributed by atoms with E-state index in [4.69, 9.17) is 9.47 Å². The van der Waals surface area contributed by atoms with Crippen LogP contribution in [0.1, 0.15) is 6.92 Å². The molecule has 9 nitrogen and oxygen atoms in total. The molecule has 1 fully saturated rings. The van der Waals surface area contributed by atoms with Crippen LogP contribution in [0.3, 0.4) is 0 Å². The first-order valence-electron chi connectivity index (χ1n) is 13.7. The molecule has 2 aromatic carbocycles. The van der Waals surface area contributed by atoms with Gasteiger partial charge < -0.3 is 23.9 Å². The molecule has 1 N–H and O–H groups in total. The van der Waals surface area contributed by atoms with Gasteiger partial charge in [-0.1, -0.05) is 6.92 Å². The van der Waals surface area contributed by atoms with Crippen LogP contribution in [0.2, 0.25) is 0 Å². The number of hydrogen-bond donors (Lipinski definition) is 1. The number of hydrogen-bond acceptors (Lipinski definition) is 7. The molecule has 4 heterocycles. The fourth-order valence-electron chi connectivity index (χ4n) is 5.17. The van der Waals surface area contributed by atoms with Crippen molar-refractivity contribution in [3.63, 3.8) is 0 Å². The number of aryl methyl sites for hydroxylation is 1. The summed E-state index contributed by atoms with van der Waals surface area (Å²) in [5.41, 5.74) is 2.19. The van der Waals surface area contributed by atoms with Crippen molar-refractivity contribution < 1.29 is 26.7 Å². The fourth-order valence-corrected chi connectivity index (χ4v) is 6.08. The lowest BCUT2D eigenvalue weighted by Crippen LogP contribution is -2.37. The number of morpholine rings is 1. The number of aromatic amines is 1. The highest BCUT2D eigenvalue weighted by Crippen LogP contribution is 2.40. The molecule has 0 bridgehead atoms. The molecule has 1 aliphatic heterocycles. The van der Waals surface area contributed by atoms with E-state index >= 15 is 0 Å². The second-order valence-corrected chi connectivity index (χ2v) is 12.4. The van der Waals surface area contributed by atoms with E-state index < -0.39 is 21.5 Å². The van der Waals surface area contributed by atoms with Crippen LogP contribution in [0, 0.1) is 11.6 Å². The number of H-pyrrole nitrogens is 1. The van der Waals surface area contributed by atoms with Crippen LogP contribution in [0.25, 0.3) is 33.3 Å². The maximum absolute atomic E-state index is 14.6. The van der Waals surface area contributed by atoms with Crippen molar-refractivity contribution in [2.45, 2.75) is 11.8 Å². The Morgan fingerprint density at radius 1 is 1.00 bits per heavy atom. The molecule has 3 aromatic heterocycles. The van der Waals surface area contributed by atoms with E-state index in [2.05, 4.69) is 14.9 Å². The summed E-state index contributed by atoms with van der Waals surface area (Å²) in [7, 11) is -2.05. The second kappa shape index (κ2) is 11.3. The zero-order chi connectivity index (χ0) is 30.3. The Balaban J connectivity index is 1.57. The van der Waals surface area contributed by atoms with Gasteiger partial charge in [0.1, 0.15) is 22.9 Å². The Labute approximate surface area is 246 Å². The first-order chi connectivity index (χ1) is 20.7. The van der Waals surface area contributed by atoms with Gasteiger partial charge in [-0.25, -0.2) is 22.2 Å². The summed E-state index contributed by atoms with van der Waals surface area (Å²) in [6, 6.07) is 12.7. The van der Waals surface area contributed by atoms with Crippen LogP contribution in [-0.2, 0) is 21.6 Å². The Bertz CT molecular complexity index is 2020. The van der Waals surface area contributed by atoms with Gasteiger partial charge in [0.05, 0.1) is 29.6 Å². The predicted molar refractivity (Wildman–Crippen MR) is 159 cm³/mol. The van der Waals surface area contributed by atoms with Gasteiger partial charge in [0, 0.05) is 60.7 Å². The summed E-state index contributed by atoms with van der Waals surface area (Å²) in [5, 5.41) is 0.505. The largest absolute Gasteiger partial charge is 0.454 e. The Morgan fingerprint density at radius 3 is 2.51 bits per heavy atom. The Hall–Kier alpha value is -4.55. The highest BCUT2D eigenvalue weighted by atomic mass is 32.2. The number of anilines is 1. The number of aromatic nitrogens is 3. The van der Waals surface area contributed by atoms with E-state index in [-0.39, 0.29) is 33.2 Å². The van der Waals surface area contributed by atoms with E-state index in [1.807, 2.05) is 18.2 Å². The van der Waals surface area contributed by atoms with Crippen LogP contribution in [0.4, 0.5) is 14.6 Å². The van der Waals surface area contributed by atoms with Crippen molar-refractivity contribution in [3.8, 4) is 33.9 Å². The van der Waals surface area contributed by atoms with Crippen LogP contribution >= 0.6 is 0 Å². The fraction of sp³-hybridized carbons (Fsp3) is 0.226. The molecule has 0 aliphatic carbocycles. The molecule has 0 spiro atoms. The molecule has 222 valence electrons. The summed E-state index contributed by atoms with van der Waals surface area (Å²) in [5.74, 6) is -1.20. The second-order valence-electron chi connectivity index (χ2n) is 10.1. The van der Waals surface area contributed by atoms with Gasteiger partial charge in [-0.2, -0.15) is 0 Å². The molecule has 1 aliphatic rings. The van der Waals surface area contributed by atoms with Crippen molar-refractivity contribution in [2.24, 2.45) is 7.05 Å². The van der Waals surface area contributed by atoms with E-state index in [0.29, 0.717) is 54.6 Å². The third-order valence-electron chi connectivity index (χ3n) is 7.45. The lowest BCUT2D eigenvalue weighted by Gasteiger charge is -2.29. The minimum absolute atomic E-state index is 0.0385. The van der Waals surface area contributed by atoms with Crippen LogP contribution in [0.15, 0.2) is 76.7 Å². The molecule has 5 aromatic rings. The number of rotatable bonds is 7. The summed E-state index contributed by atoms with van der Waals surface area (Å²) < 4.78 is 66.7. The average molecular weight is 607 g/mol. The Kier molecular flexibility index (Phi) is 7.49. The number of pyridine rings is 2. The Morgan fingerprint density at radius 2 is 1.77 bits per heavy atom. The van der Waals surface area contributed by atoms with Gasteiger partial charge in [0.25, 0.3) is 5.56 Å². The summed E-state index contributed by atoms with van der Waals surface area (Å²) in [6.45, 7) is 4.01. The van der Waals surface area contributed by atoms with Crippen LogP contribution in [-0.4, -0.2) is 55.0 Å². The highest BCUT2D eigenvalue weighted by Gasteiger charge is 2.23. The lowest BCUT2D eigenvalue weighted by atomic mass is 10.0. The van der Waals surface area contributed by atoms with Crippen molar-refractivity contribution in [1.82, 2.24) is 14.5 Å². The first kappa shape index (κ1) is 28.6. The third-order valence-corrected chi connectivity index (χ3v) is 9.18. The zero-order valence-corrected chi connectivity index (χ0v) is 24.2. The molecule has 0 amide bonds. The number of nitrogens with one attached hydrogen (secondary N) is 1. The molecule has 0 radical (unpaired) electrons. The molecular formula is C31H28F2N4O5S. The first-order valence-corrected chi connectivity index (χ1v) is 15.3. The van der Waals surface area contributed by atoms with Gasteiger partial charge in [-0.15, -0.1) is 0 Å². The molecule has 0 atom stereocenters. The maximum Gasteiger partial charge on any atom is 0.274 e. The maximum atomic E-state index is 14.6. The van der Waals surface area contributed by atoms with E-state index in [9.17, 15) is 22.0 Å². The van der Waals surface area contributed by atoms with Crippen molar-refractivity contribution >= 4 is 26.6 Å². The van der Waals surface area contributed by atoms with E-state index in [0.717, 1.165) is 23.5 Å². The summed E-state index contributed by atoms with van der Waals surface area (Å²) >= 11 is 0. The predicted octanol–water partition coefficient (Wildman–Crippen LogP) is 5.30. The summed E-state index contributed by atoms with van der Waals surface area (Å²) in [4.78, 5) is 23.4. The normalized spacial score (nSPS) is 13.9. The van der Waals surface area contributed by atoms with Gasteiger partial charge in [0.2, 0.25) is 0 Å². The lowest BCUT2D eigenvalue weighted by molar-refractivity contribution is 0.122. The van der Waals surface area contributed by atoms with Gasteiger partial charge >= 0.3 is 0 Å². The number of benzene rings is 2. The molecule has 0 unspecified atom stereocenters. The molecule has 0 saturated carbocycles. The molecular weight excluding hydrogens is 578 g/mol. The minimum atomic E-state index is -3.64. The number of fused-ring (bicyclic) bond motifs is 1. The number of ether oxygens (including phenoxy) is 2. The smallest absolute Gasteiger partial charge is 0.274 e. The number of nitrogens with zero attached hydrogens (tertiary/aromatic N) is 3.